The number of rotatable bonds is 4. The summed E-state index contributed by atoms with van der Waals surface area (Å²) in [7, 11) is 1.82. The number of urea groups is 1. The van der Waals surface area contributed by atoms with Crippen molar-refractivity contribution in [3.63, 3.8) is 0 Å². The fraction of sp³-hybridized carbons (Fsp3) is 0.444. The Hall–Kier alpha value is -2.48. The lowest BCUT2D eigenvalue weighted by atomic mass is 10.0. The second kappa shape index (κ2) is 7.03. The zero-order valence-electron chi connectivity index (χ0n) is 14.9. The molecule has 2 N–H and O–H groups in total. The zero-order valence-corrected chi connectivity index (χ0v) is 14.9. The average Bonchev–Trinajstić information content (AvgIpc) is 3.12. The maximum Gasteiger partial charge on any atom is 0.319 e. The van der Waals surface area contributed by atoms with E-state index in [2.05, 4.69) is 15.7 Å². The van der Waals surface area contributed by atoms with Crippen molar-refractivity contribution < 1.29 is 18.3 Å². The molecule has 1 aromatic heterocycles. The number of nitrogens with one attached hydrogen (secondary N) is 2. The Labute approximate surface area is 150 Å². The van der Waals surface area contributed by atoms with Crippen LogP contribution in [-0.2, 0) is 17.7 Å². The van der Waals surface area contributed by atoms with E-state index in [1.165, 1.54) is 18.2 Å². The minimum Gasteiger partial charge on any atom is -0.371 e. The highest BCUT2D eigenvalue weighted by molar-refractivity contribution is 5.90. The molecule has 8 heteroatoms. The Bertz CT molecular complexity index is 801. The van der Waals surface area contributed by atoms with Gasteiger partial charge in [-0.2, -0.15) is 5.10 Å². The van der Waals surface area contributed by atoms with Gasteiger partial charge in [0, 0.05) is 37.9 Å². The van der Waals surface area contributed by atoms with Crippen molar-refractivity contribution in [2.75, 3.05) is 11.9 Å². The number of para-hydroxylation sites is 1. The molecule has 6 nitrogen and oxygen atoms in total. The Kier molecular flexibility index (Phi) is 4.95. The molecule has 2 heterocycles. The standard InChI is InChI=1S/C18H22F2N4O2/c1-11-12(10-24(3)23-11)16-15(8-9-26-16)22-17(25)21-14-7-5-4-6-13(14)18(2,19)20/h4-7,10,15-16H,8-9H2,1-3H3,(H2,21,22,25)/t15-,16+/m0/s1. The Morgan fingerprint density at radius 3 is 2.77 bits per heavy atom. The van der Waals surface area contributed by atoms with Gasteiger partial charge in [0.1, 0.15) is 6.10 Å². The molecule has 140 valence electrons. The first-order valence-corrected chi connectivity index (χ1v) is 8.42. The summed E-state index contributed by atoms with van der Waals surface area (Å²) >= 11 is 0. The maximum atomic E-state index is 13.7. The van der Waals surface area contributed by atoms with Crippen molar-refractivity contribution in [1.82, 2.24) is 15.1 Å². The number of aryl methyl sites for hydroxylation is 2. The van der Waals surface area contributed by atoms with E-state index >= 15 is 0 Å². The topological polar surface area (TPSA) is 68.2 Å². The molecule has 0 radical (unpaired) electrons. The minimum atomic E-state index is -3.05. The van der Waals surface area contributed by atoms with E-state index in [4.69, 9.17) is 4.74 Å². The summed E-state index contributed by atoms with van der Waals surface area (Å²) in [6.07, 6.45) is 2.19. The summed E-state index contributed by atoms with van der Waals surface area (Å²) < 4.78 is 34.9. The summed E-state index contributed by atoms with van der Waals surface area (Å²) in [4.78, 5) is 12.4. The Balaban J connectivity index is 1.71. The molecular weight excluding hydrogens is 342 g/mol. The lowest BCUT2D eigenvalue weighted by Gasteiger charge is -2.21. The molecule has 2 aromatic rings. The van der Waals surface area contributed by atoms with Gasteiger partial charge in [-0.15, -0.1) is 0 Å². The van der Waals surface area contributed by atoms with Gasteiger partial charge in [0.25, 0.3) is 5.92 Å². The zero-order chi connectivity index (χ0) is 18.9. The predicted molar refractivity (Wildman–Crippen MR) is 93.2 cm³/mol. The number of nitrogens with zero attached hydrogens (tertiary/aromatic N) is 2. The number of anilines is 1. The van der Waals surface area contributed by atoms with Gasteiger partial charge in [0.2, 0.25) is 0 Å². The van der Waals surface area contributed by atoms with Crippen LogP contribution >= 0.6 is 0 Å². The highest BCUT2D eigenvalue weighted by Crippen LogP contribution is 2.33. The van der Waals surface area contributed by atoms with Crippen LogP contribution in [0.25, 0.3) is 0 Å². The van der Waals surface area contributed by atoms with Gasteiger partial charge >= 0.3 is 6.03 Å². The molecule has 1 saturated heterocycles. The highest BCUT2D eigenvalue weighted by atomic mass is 19.3. The van der Waals surface area contributed by atoms with Crippen molar-refractivity contribution in [3.05, 3.63) is 47.3 Å². The Morgan fingerprint density at radius 2 is 2.12 bits per heavy atom. The van der Waals surface area contributed by atoms with E-state index in [1.807, 2.05) is 20.2 Å². The van der Waals surface area contributed by atoms with E-state index in [0.717, 1.165) is 18.2 Å². The van der Waals surface area contributed by atoms with Crippen molar-refractivity contribution in [2.45, 2.75) is 38.3 Å². The first-order valence-electron chi connectivity index (χ1n) is 8.42. The largest absolute Gasteiger partial charge is 0.371 e. The van der Waals surface area contributed by atoms with E-state index in [1.54, 1.807) is 10.7 Å². The smallest absolute Gasteiger partial charge is 0.319 e. The van der Waals surface area contributed by atoms with E-state index in [-0.39, 0.29) is 23.4 Å². The van der Waals surface area contributed by atoms with Crippen molar-refractivity contribution in [3.8, 4) is 0 Å². The molecule has 0 bridgehead atoms. The second-order valence-electron chi connectivity index (χ2n) is 6.56. The number of ether oxygens (including phenoxy) is 1. The van der Waals surface area contributed by atoms with E-state index < -0.39 is 12.0 Å². The van der Waals surface area contributed by atoms with Crippen molar-refractivity contribution >= 4 is 11.7 Å². The van der Waals surface area contributed by atoms with Crippen LogP contribution in [0.3, 0.4) is 0 Å². The summed E-state index contributed by atoms with van der Waals surface area (Å²) in [6.45, 7) is 3.19. The first-order chi connectivity index (χ1) is 12.3. The van der Waals surface area contributed by atoms with Gasteiger partial charge in [0.15, 0.2) is 0 Å². The Morgan fingerprint density at radius 1 is 1.38 bits per heavy atom. The number of amides is 2. The summed E-state index contributed by atoms with van der Waals surface area (Å²) in [6, 6.07) is 5.08. The lowest BCUT2D eigenvalue weighted by molar-refractivity contribution is 0.0183. The van der Waals surface area contributed by atoms with Gasteiger partial charge < -0.3 is 15.4 Å². The fourth-order valence-corrected chi connectivity index (χ4v) is 3.24. The van der Waals surface area contributed by atoms with Crippen LogP contribution in [0, 0.1) is 6.92 Å². The minimum absolute atomic E-state index is 0.0884. The number of benzene rings is 1. The number of alkyl halides is 2. The second-order valence-corrected chi connectivity index (χ2v) is 6.56. The van der Waals surface area contributed by atoms with Crippen LogP contribution < -0.4 is 10.6 Å². The predicted octanol–water partition coefficient (Wildman–Crippen LogP) is 3.49. The number of aromatic nitrogens is 2. The monoisotopic (exact) mass is 364 g/mol. The summed E-state index contributed by atoms with van der Waals surface area (Å²) in [5, 5.41) is 9.66. The fourth-order valence-electron chi connectivity index (χ4n) is 3.24. The van der Waals surface area contributed by atoms with Crippen LogP contribution in [0.5, 0.6) is 0 Å². The van der Waals surface area contributed by atoms with Gasteiger partial charge in [-0.25, -0.2) is 13.6 Å². The third-order valence-electron chi connectivity index (χ3n) is 4.41. The maximum absolute atomic E-state index is 13.7. The van der Waals surface area contributed by atoms with Gasteiger partial charge in [-0.1, -0.05) is 18.2 Å². The summed E-state index contributed by atoms with van der Waals surface area (Å²) in [5.41, 5.74) is 1.61. The number of hydrogen-bond acceptors (Lipinski definition) is 3. The van der Waals surface area contributed by atoms with Crippen LogP contribution in [0.4, 0.5) is 19.3 Å². The molecule has 0 aliphatic carbocycles. The number of carbonyl (C=O) groups is 1. The SMILES string of the molecule is Cc1nn(C)cc1[C@H]1OCC[C@@H]1NC(=O)Nc1ccccc1C(C)(F)F. The molecule has 1 aromatic carbocycles. The number of hydrogen-bond donors (Lipinski definition) is 2. The van der Waals surface area contributed by atoms with Crippen LogP contribution in [0.2, 0.25) is 0 Å². The van der Waals surface area contributed by atoms with Gasteiger partial charge in [-0.3, -0.25) is 4.68 Å². The normalized spacial score (nSPS) is 20.2. The molecule has 0 saturated carbocycles. The van der Waals surface area contributed by atoms with Crippen molar-refractivity contribution in [2.24, 2.45) is 7.05 Å². The number of carbonyl (C=O) groups excluding carboxylic acids is 1. The van der Waals surface area contributed by atoms with E-state index in [0.29, 0.717) is 13.0 Å². The average molecular weight is 364 g/mol. The van der Waals surface area contributed by atoms with Crippen LogP contribution in [-0.4, -0.2) is 28.5 Å². The molecule has 0 spiro atoms. The third kappa shape index (κ3) is 3.85. The molecule has 1 fully saturated rings. The highest BCUT2D eigenvalue weighted by Gasteiger charge is 2.34. The van der Waals surface area contributed by atoms with Crippen LogP contribution in [0.15, 0.2) is 30.5 Å². The van der Waals surface area contributed by atoms with Crippen molar-refractivity contribution in [1.29, 1.82) is 0 Å². The molecular formula is C18H22F2N4O2. The lowest BCUT2D eigenvalue weighted by Crippen LogP contribution is -2.40. The molecule has 3 rings (SSSR count). The molecule has 2 amide bonds. The molecule has 0 unspecified atom stereocenters. The number of halogens is 2. The molecule has 1 aliphatic heterocycles. The van der Waals surface area contributed by atoms with Gasteiger partial charge in [0.05, 0.1) is 17.4 Å². The van der Waals surface area contributed by atoms with E-state index in [9.17, 15) is 13.6 Å². The summed E-state index contributed by atoms with van der Waals surface area (Å²) in [5.74, 6) is -3.05. The molecule has 1 aliphatic rings. The van der Waals surface area contributed by atoms with Crippen LogP contribution in [0.1, 0.15) is 36.3 Å². The third-order valence-corrected chi connectivity index (χ3v) is 4.41. The molecule has 2 atom stereocenters. The molecule has 26 heavy (non-hydrogen) atoms. The quantitative estimate of drug-likeness (QED) is 0.873. The van der Waals surface area contributed by atoms with Gasteiger partial charge in [-0.05, 0) is 19.4 Å². The first kappa shape index (κ1) is 18.3.